The minimum atomic E-state index is -3.55. The van der Waals surface area contributed by atoms with E-state index in [2.05, 4.69) is 0 Å². The predicted octanol–water partition coefficient (Wildman–Crippen LogP) is 4.82. The van der Waals surface area contributed by atoms with E-state index >= 15 is 0 Å². The zero-order valence-electron chi connectivity index (χ0n) is 20.1. The quantitative estimate of drug-likeness (QED) is 0.500. The summed E-state index contributed by atoms with van der Waals surface area (Å²) in [5.74, 6) is -0.126. The summed E-state index contributed by atoms with van der Waals surface area (Å²) >= 11 is 0. The van der Waals surface area contributed by atoms with Gasteiger partial charge in [0.2, 0.25) is 15.9 Å². The van der Waals surface area contributed by atoms with Crippen molar-refractivity contribution in [3.05, 3.63) is 101 Å². The fraction of sp³-hybridized carbons (Fsp3) is 0.345. The van der Waals surface area contributed by atoms with Crippen LogP contribution in [0.4, 0.5) is 0 Å². The molecule has 1 amide bonds. The van der Waals surface area contributed by atoms with Gasteiger partial charge in [-0.3, -0.25) is 4.79 Å². The first-order valence-electron chi connectivity index (χ1n) is 12.4. The van der Waals surface area contributed by atoms with E-state index in [1.165, 1.54) is 5.56 Å². The van der Waals surface area contributed by atoms with E-state index in [0.717, 1.165) is 36.0 Å². The van der Waals surface area contributed by atoms with Crippen LogP contribution >= 0.6 is 0 Å². The van der Waals surface area contributed by atoms with Crippen LogP contribution in [0.5, 0.6) is 0 Å². The molecule has 35 heavy (non-hydrogen) atoms. The van der Waals surface area contributed by atoms with Gasteiger partial charge in [-0.25, -0.2) is 8.42 Å². The number of sulfonamides is 1. The van der Waals surface area contributed by atoms with Crippen LogP contribution in [0, 0.1) is 5.92 Å². The summed E-state index contributed by atoms with van der Waals surface area (Å²) in [7, 11) is -1.69. The third-order valence-corrected chi connectivity index (χ3v) is 9.37. The molecule has 1 aliphatic carbocycles. The Labute approximate surface area is 208 Å². The molecule has 5 rings (SSSR count). The minimum absolute atomic E-state index is 0.0669. The van der Waals surface area contributed by atoms with Gasteiger partial charge < -0.3 is 4.90 Å². The molecule has 0 saturated carbocycles. The molecule has 1 saturated heterocycles. The van der Waals surface area contributed by atoms with Gasteiger partial charge in [-0.2, -0.15) is 4.31 Å². The van der Waals surface area contributed by atoms with Crippen molar-refractivity contribution >= 4 is 15.9 Å². The lowest BCUT2D eigenvalue weighted by molar-refractivity contribution is -0.137. The first-order valence-corrected chi connectivity index (χ1v) is 13.9. The van der Waals surface area contributed by atoms with Crippen molar-refractivity contribution in [2.75, 3.05) is 20.1 Å². The van der Waals surface area contributed by atoms with Crippen molar-refractivity contribution in [3.63, 3.8) is 0 Å². The number of hydrogen-bond acceptors (Lipinski definition) is 3. The largest absolute Gasteiger partial charge is 0.334 e. The SMILES string of the molecule is CN(C(=O)C1CCN(S(=O)(=O)c2ccc3c(c2)CCC3)CC1)C(c1ccccc1)c1ccccc1. The molecule has 1 aliphatic heterocycles. The lowest BCUT2D eigenvalue weighted by Gasteiger charge is -2.36. The van der Waals surface area contributed by atoms with E-state index in [1.54, 1.807) is 10.4 Å². The highest BCUT2D eigenvalue weighted by Crippen LogP contribution is 2.32. The highest BCUT2D eigenvalue weighted by molar-refractivity contribution is 7.89. The average molecular weight is 489 g/mol. The van der Waals surface area contributed by atoms with E-state index in [0.29, 0.717) is 30.8 Å². The summed E-state index contributed by atoms with van der Waals surface area (Å²) in [6, 6.07) is 25.5. The molecule has 182 valence electrons. The lowest BCUT2D eigenvalue weighted by atomic mass is 9.93. The number of benzene rings is 3. The Morgan fingerprint density at radius 1 is 0.857 bits per heavy atom. The maximum Gasteiger partial charge on any atom is 0.243 e. The molecule has 0 radical (unpaired) electrons. The Morgan fingerprint density at radius 3 is 2.03 bits per heavy atom. The Hall–Kier alpha value is -2.96. The summed E-state index contributed by atoms with van der Waals surface area (Å²) in [5, 5.41) is 0. The average Bonchev–Trinajstić information content (AvgIpc) is 3.38. The molecule has 0 aromatic heterocycles. The van der Waals surface area contributed by atoms with Crippen LogP contribution in [-0.4, -0.2) is 43.7 Å². The third-order valence-electron chi connectivity index (χ3n) is 7.48. The second-order valence-corrected chi connectivity index (χ2v) is 11.6. The summed E-state index contributed by atoms with van der Waals surface area (Å²) in [6.45, 7) is 0.732. The smallest absolute Gasteiger partial charge is 0.243 e. The zero-order valence-corrected chi connectivity index (χ0v) is 21.0. The number of amides is 1. The summed E-state index contributed by atoms with van der Waals surface area (Å²) in [6.07, 6.45) is 4.13. The molecule has 2 aliphatic rings. The molecule has 5 nitrogen and oxygen atoms in total. The van der Waals surface area contributed by atoms with Crippen molar-refractivity contribution in [2.24, 2.45) is 5.92 Å². The number of nitrogens with zero attached hydrogens (tertiary/aromatic N) is 2. The second kappa shape index (κ2) is 9.96. The predicted molar refractivity (Wildman–Crippen MR) is 137 cm³/mol. The van der Waals surface area contributed by atoms with Crippen molar-refractivity contribution in [1.29, 1.82) is 0 Å². The standard InChI is InChI=1S/C29H32N2O3S/c1-30(28(23-9-4-2-5-10-23)24-11-6-3-7-12-24)29(32)25-17-19-31(20-18-25)35(33,34)27-16-15-22-13-8-14-26(22)21-27/h2-7,9-12,15-16,21,25,28H,8,13-14,17-20H2,1H3. The molecular weight excluding hydrogens is 456 g/mol. The van der Waals surface area contributed by atoms with Crippen LogP contribution < -0.4 is 0 Å². The van der Waals surface area contributed by atoms with E-state index in [4.69, 9.17) is 0 Å². The summed E-state index contributed by atoms with van der Waals surface area (Å²) in [4.78, 5) is 15.8. The monoisotopic (exact) mass is 488 g/mol. The van der Waals surface area contributed by atoms with Gasteiger partial charge in [-0.1, -0.05) is 66.7 Å². The van der Waals surface area contributed by atoms with Gasteiger partial charge in [-0.15, -0.1) is 0 Å². The van der Waals surface area contributed by atoms with Gasteiger partial charge in [0.1, 0.15) is 0 Å². The molecule has 0 atom stereocenters. The summed E-state index contributed by atoms with van der Waals surface area (Å²) in [5.41, 5.74) is 4.55. The third kappa shape index (κ3) is 4.78. The molecule has 3 aromatic carbocycles. The zero-order chi connectivity index (χ0) is 24.4. The highest BCUT2D eigenvalue weighted by Gasteiger charge is 2.35. The minimum Gasteiger partial charge on any atom is -0.334 e. The molecule has 1 heterocycles. The molecule has 0 spiro atoms. The molecule has 0 N–H and O–H groups in total. The van der Waals surface area contributed by atoms with Crippen LogP contribution in [0.1, 0.15) is 47.6 Å². The van der Waals surface area contributed by atoms with Crippen LogP contribution in [-0.2, 0) is 27.7 Å². The number of carbonyl (C=O) groups excluding carboxylic acids is 1. The highest BCUT2D eigenvalue weighted by atomic mass is 32.2. The van der Waals surface area contributed by atoms with E-state index in [9.17, 15) is 13.2 Å². The van der Waals surface area contributed by atoms with Crippen LogP contribution in [0.15, 0.2) is 83.8 Å². The van der Waals surface area contributed by atoms with Gasteiger partial charge in [0, 0.05) is 26.1 Å². The van der Waals surface area contributed by atoms with Crippen molar-refractivity contribution in [2.45, 2.75) is 43.0 Å². The molecule has 1 fully saturated rings. The second-order valence-electron chi connectivity index (χ2n) is 9.64. The molecular formula is C29H32N2O3S. The van der Waals surface area contributed by atoms with Crippen molar-refractivity contribution in [3.8, 4) is 0 Å². The van der Waals surface area contributed by atoms with Gasteiger partial charge in [0.25, 0.3) is 0 Å². The van der Waals surface area contributed by atoms with Crippen LogP contribution in [0.2, 0.25) is 0 Å². The fourth-order valence-electron chi connectivity index (χ4n) is 5.53. The van der Waals surface area contributed by atoms with E-state index in [1.807, 2.05) is 84.7 Å². The van der Waals surface area contributed by atoms with Gasteiger partial charge in [0.05, 0.1) is 10.9 Å². The number of rotatable bonds is 6. The van der Waals surface area contributed by atoms with Crippen molar-refractivity contribution < 1.29 is 13.2 Å². The van der Waals surface area contributed by atoms with Gasteiger partial charge >= 0.3 is 0 Å². The van der Waals surface area contributed by atoms with E-state index in [-0.39, 0.29) is 17.9 Å². The summed E-state index contributed by atoms with van der Waals surface area (Å²) < 4.78 is 28.2. The lowest BCUT2D eigenvalue weighted by Crippen LogP contribution is -2.44. The van der Waals surface area contributed by atoms with Gasteiger partial charge in [0.15, 0.2) is 0 Å². The maximum atomic E-state index is 13.6. The molecule has 3 aromatic rings. The Balaban J connectivity index is 1.30. The Kier molecular flexibility index (Phi) is 6.76. The Bertz CT molecular complexity index is 1240. The van der Waals surface area contributed by atoms with Crippen LogP contribution in [0.3, 0.4) is 0 Å². The molecule has 6 heteroatoms. The molecule has 0 bridgehead atoms. The van der Waals surface area contributed by atoms with E-state index < -0.39 is 10.0 Å². The fourth-order valence-corrected chi connectivity index (χ4v) is 7.05. The molecule has 0 unspecified atom stereocenters. The Morgan fingerprint density at radius 2 is 1.43 bits per heavy atom. The number of fused-ring (bicyclic) bond motifs is 1. The number of carbonyl (C=O) groups is 1. The normalized spacial score (nSPS) is 16.9. The van der Waals surface area contributed by atoms with Gasteiger partial charge in [-0.05, 0) is 66.5 Å². The van der Waals surface area contributed by atoms with Crippen molar-refractivity contribution in [1.82, 2.24) is 9.21 Å². The topological polar surface area (TPSA) is 57.7 Å². The number of piperidine rings is 1. The first-order chi connectivity index (χ1) is 16.9. The van der Waals surface area contributed by atoms with Crippen LogP contribution in [0.25, 0.3) is 0 Å². The maximum absolute atomic E-state index is 13.6. The first kappa shape index (κ1) is 23.8. The number of aryl methyl sites for hydroxylation is 2. The number of hydrogen-bond donors (Lipinski definition) is 0.